The first-order valence-corrected chi connectivity index (χ1v) is 8.15. The van der Waals surface area contributed by atoms with E-state index in [2.05, 4.69) is 10.3 Å². The molecule has 2 rings (SSSR count). The lowest BCUT2D eigenvalue weighted by Gasteiger charge is -2.10. The third-order valence-electron chi connectivity index (χ3n) is 2.81. The lowest BCUT2D eigenvalue weighted by molar-refractivity contribution is 0.393. The van der Waals surface area contributed by atoms with E-state index in [0.29, 0.717) is 19.0 Å². The number of rotatable bonds is 6. The predicted octanol–water partition coefficient (Wildman–Crippen LogP) is 1.26. The molecule has 0 aliphatic carbocycles. The number of methoxy groups -OCH3 is 1. The molecule has 100 valence electrons. The van der Waals surface area contributed by atoms with Gasteiger partial charge in [-0.05, 0) is 6.92 Å². The molecule has 0 aromatic carbocycles. The number of hydrogen-bond donors (Lipinski definition) is 1. The van der Waals surface area contributed by atoms with Crippen molar-refractivity contribution in [1.82, 2.24) is 14.7 Å². The fourth-order valence-electron chi connectivity index (χ4n) is 1.65. The summed E-state index contributed by atoms with van der Waals surface area (Å²) >= 11 is 1.58. The van der Waals surface area contributed by atoms with Crippen LogP contribution in [0.2, 0.25) is 0 Å². The normalized spacial score (nSPS) is 14.8. The van der Waals surface area contributed by atoms with Crippen LogP contribution in [-0.4, -0.2) is 38.8 Å². The number of fused-ring (bicyclic) bond motifs is 1. The Morgan fingerprint density at radius 1 is 1.67 bits per heavy atom. The first kappa shape index (κ1) is 13.5. The molecule has 0 saturated carbocycles. The van der Waals surface area contributed by atoms with E-state index in [0.717, 1.165) is 10.7 Å². The Kier molecular flexibility index (Phi) is 4.36. The zero-order valence-electron chi connectivity index (χ0n) is 10.7. The third-order valence-corrected chi connectivity index (χ3v) is 4.87. The molecule has 5 nitrogen and oxygen atoms in total. The van der Waals surface area contributed by atoms with Crippen molar-refractivity contribution >= 4 is 27.1 Å². The highest BCUT2D eigenvalue weighted by Gasteiger charge is 2.14. The molecular formula is C11H17N3O2S2. The largest absolute Gasteiger partial charge is 0.480 e. The van der Waals surface area contributed by atoms with E-state index >= 15 is 0 Å². The van der Waals surface area contributed by atoms with Crippen LogP contribution in [0.5, 0.6) is 5.88 Å². The van der Waals surface area contributed by atoms with E-state index in [1.165, 1.54) is 0 Å². The fourth-order valence-corrected chi connectivity index (χ4v) is 2.73. The molecule has 0 spiro atoms. The van der Waals surface area contributed by atoms with E-state index in [9.17, 15) is 4.21 Å². The zero-order chi connectivity index (χ0) is 13.1. The van der Waals surface area contributed by atoms with Gasteiger partial charge in [-0.25, -0.2) is 0 Å². The summed E-state index contributed by atoms with van der Waals surface area (Å²) in [5.41, 5.74) is 1.00. The predicted molar refractivity (Wildman–Crippen MR) is 74.9 cm³/mol. The van der Waals surface area contributed by atoms with Crippen molar-refractivity contribution in [3.63, 3.8) is 0 Å². The van der Waals surface area contributed by atoms with Crippen molar-refractivity contribution in [3.8, 4) is 5.88 Å². The maximum atomic E-state index is 11.3. The Balaban J connectivity index is 2.06. The summed E-state index contributed by atoms with van der Waals surface area (Å²) in [7, 11) is 0.825. The van der Waals surface area contributed by atoms with Gasteiger partial charge in [0.2, 0.25) is 5.88 Å². The summed E-state index contributed by atoms with van der Waals surface area (Å²) in [6.45, 7) is 3.34. The number of imidazole rings is 1. The second-order valence-electron chi connectivity index (χ2n) is 4.06. The highest BCUT2D eigenvalue weighted by atomic mass is 32.2. The molecular weight excluding hydrogens is 270 g/mol. The number of hydrogen-bond acceptors (Lipinski definition) is 5. The van der Waals surface area contributed by atoms with Crippen LogP contribution >= 0.6 is 11.3 Å². The lowest BCUT2D eigenvalue weighted by atomic mass is 10.4. The SMILES string of the molecule is COc1nc2sccn2c1CNCC(C)S(C)=O. The summed E-state index contributed by atoms with van der Waals surface area (Å²) in [5.74, 6) is 0.652. The van der Waals surface area contributed by atoms with Crippen molar-refractivity contribution in [2.75, 3.05) is 19.9 Å². The maximum Gasteiger partial charge on any atom is 0.237 e. The molecule has 2 aromatic heterocycles. The minimum absolute atomic E-state index is 0.141. The summed E-state index contributed by atoms with van der Waals surface area (Å²) in [6.07, 6.45) is 3.71. The smallest absolute Gasteiger partial charge is 0.237 e. The van der Waals surface area contributed by atoms with Gasteiger partial charge in [-0.1, -0.05) is 0 Å². The molecule has 18 heavy (non-hydrogen) atoms. The second kappa shape index (κ2) is 5.81. The Bertz CT molecular complexity index is 549. The van der Waals surface area contributed by atoms with Gasteiger partial charge in [0.1, 0.15) is 5.69 Å². The van der Waals surface area contributed by atoms with Crippen LogP contribution in [-0.2, 0) is 17.3 Å². The monoisotopic (exact) mass is 287 g/mol. The van der Waals surface area contributed by atoms with Gasteiger partial charge in [-0.15, -0.1) is 11.3 Å². The average Bonchev–Trinajstić information content (AvgIpc) is 2.90. The number of aromatic nitrogens is 2. The lowest BCUT2D eigenvalue weighted by Crippen LogP contribution is -2.27. The van der Waals surface area contributed by atoms with Crippen molar-refractivity contribution in [1.29, 1.82) is 0 Å². The Morgan fingerprint density at radius 3 is 3.11 bits per heavy atom. The molecule has 2 heterocycles. The molecule has 0 bridgehead atoms. The topological polar surface area (TPSA) is 55.6 Å². The highest BCUT2D eigenvalue weighted by Crippen LogP contribution is 2.22. The van der Waals surface area contributed by atoms with Gasteiger partial charge in [-0.2, -0.15) is 4.98 Å². The minimum atomic E-state index is -0.799. The molecule has 2 atom stereocenters. The van der Waals surface area contributed by atoms with E-state index < -0.39 is 10.8 Å². The van der Waals surface area contributed by atoms with Crippen LogP contribution in [0.1, 0.15) is 12.6 Å². The van der Waals surface area contributed by atoms with Gasteiger partial charge in [0.25, 0.3) is 0 Å². The second-order valence-corrected chi connectivity index (χ2v) is 6.74. The fraction of sp³-hybridized carbons (Fsp3) is 0.545. The van der Waals surface area contributed by atoms with Gasteiger partial charge < -0.3 is 10.1 Å². The van der Waals surface area contributed by atoms with Crippen molar-refractivity contribution in [2.24, 2.45) is 0 Å². The Labute approximate surface area is 113 Å². The van der Waals surface area contributed by atoms with Gasteiger partial charge in [-0.3, -0.25) is 8.61 Å². The quantitative estimate of drug-likeness (QED) is 0.869. The first-order chi connectivity index (χ1) is 8.63. The van der Waals surface area contributed by atoms with Crippen molar-refractivity contribution in [2.45, 2.75) is 18.7 Å². The minimum Gasteiger partial charge on any atom is -0.480 e. The zero-order valence-corrected chi connectivity index (χ0v) is 12.3. The first-order valence-electron chi connectivity index (χ1n) is 5.65. The van der Waals surface area contributed by atoms with E-state index in [-0.39, 0.29) is 5.25 Å². The van der Waals surface area contributed by atoms with E-state index in [4.69, 9.17) is 4.74 Å². The Morgan fingerprint density at radius 2 is 2.44 bits per heavy atom. The third kappa shape index (κ3) is 2.73. The van der Waals surface area contributed by atoms with Gasteiger partial charge in [0.05, 0.1) is 7.11 Å². The standard InChI is InChI=1S/C11H17N3O2S2/c1-8(18(3)15)6-12-7-9-10(16-2)13-11-14(9)4-5-17-11/h4-5,8,12H,6-7H2,1-3H3. The van der Waals surface area contributed by atoms with Crippen molar-refractivity contribution in [3.05, 3.63) is 17.3 Å². The van der Waals surface area contributed by atoms with Gasteiger partial charge in [0.15, 0.2) is 4.96 Å². The van der Waals surface area contributed by atoms with Crippen LogP contribution in [0.15, 0.2) is 11.6 Å². The van der Waals surface area contributed by atoms with Crippen LogP contribution < -0.4 is 10.1 Å². The molecule has 7 heteroatoms. The molecule has 2 aromatic rings. The summed E-state index contributed by atoms with van der Waals surface area (Å²) in [4.78, 5) is 5.31. The summed E-state index contributed by atoms with van der Waals surface area (Å²) in [5, 5.41) is 5.43. The van der Waals surface area contributed by atoms with Gasteiger partial charge in [0, 0.05) is 47.0 Å². The van der Waals surface area contributed by atoms with Crippen molar-refractivity contribution < 1.29 is 8.95 Å². The molecule has 0 amide bonds. The summed E-state index contributed by atoms with van der Waals surface area (Å²) < 4.78 is 18.5. The van der Waals surface area contributed by atoms with Gasteiger partial charge >= 0.3 is 0 Å². The highest BCUT2D eigenvalue weighted by molar-refractivity contribution is 7.84. The number of nitrogens with zero attached hydrogens (tertiary/aromatic N) is 2. The number of ether oxygens (including phenoxy) is 1. The molecule has 0 fully saturated rings. The number of thiazole rings is 1. The van der Waals surface area contributed by atoms with Crippen LogP contribution in [0.25, 0.3) is 4.96 Å². The van der Waals surface area contributed by atoms with Crippen LogP contribution in [0.4, 0.5) is 0 Å². The Hall–Kier alpha value is -0.920. The van der Waals surface area contributed by atoms with Crippen LogP contribution in [0.3, 0.4) is 0 Å². The molecule has 0 aliphatic heterocycles. The maximum absolute atomic E-state index is 11.3. The van der Waals surface area contributed by atoms with E-state index in [1.54, 1.807) is 24.7 Å². The molecule has 0 aliphatic rings. The number of nitrogens with one attached hydrogen (secondary N) is 1. The molecule has 0 saturated heterocycles. The van der Waals surface area contributed by atoms with Crippen LogP contribution in [0, 0.1) is 0 Å². The molecule has 0 radical (unpaired) electrons. The average molecular weight is 287 g/mol. The molecule has 1 N–H and O–H groups in total. The summed E-state index contributed by atoms with van der Waals surface area (Å²) in [6, 6.07) is 0. The molecule has 2 unspecified atom stereocenters. The van der Waals surface area contributed by atoms with E-state index in [1.807, 2.05) is 22.9 Å².